The molecule has 9 heteroatoms. The third kappa shape index (κ3) is 5.43. The number of nitrogens with zero attached hydrogens (tertiary/aromatic N) is 3. The topological polar surface area (TPSA) is 73.0 Å². The van der Waals surface area contributed by atoms with Crippen molar-refractivity contribution in [3.05, 3.63) is 53.1 Å². The summed E-state index contributed by atoms with van der Waals surface area (Å²) >= 11 is 6.17. The summed E-state index contributed by atoms with van der Waals surface area (Å²) in [7, 11) is -3.77. The van der Waals surface area contributed by atoms with E-state index in [1.165, 1.54) is 22.5 Å². The van der Waals surface area contributed by atoms with Crippen LogP contribution in [0.2, 0.25) is 5.02 Å². The van der Waals surface area contributed by atoms with Crippen molar-refractivity contribution in [1.82, 2.24) is 9.21 Å². The van der Waals surface area contributed by atoms with Gasteiger partial charge in [-0.1, -0.05) is 32.4 Å². The molecule has 0 aromatic heterocycles. The van der Waals surface area contributed by atoms with E-state index in [1.807, 2.05) is 24.3 Å². The van der Waals surface area contributed by atoms with Crippen LogP contribution in [0.25, 0.3) is 0 Å². The number of carbonyl (C=O) groups is 1. The Balaban J connectivity index is 1.72. The van der Waals surface area contributed by atoms with Crippen LogP contribution in [0.5, 0.6) is 0 Å². The van der Waals surface area contributed by atoms with Crippen LogP contribution < -0.4 is 10.2 Å². The molecule has 0 spiro atoms. The average Bonchev–Trinajstić information content (AvgIpc) is 2.80. The van der Waals surface area contributed by atoms with Crippen LogP contribution in [0, 0.1) is 0 Å². The van der Waals surface area contributed by atoms with Crippen LogP contribution >= 0.6 is 11.6 Å². The highest BCUT2D eigenvalue weighted by atomic mass is 35.5. The highest BCUT2D eigenvalue weighted by Crippen LogP contribution is 2.26. The van der Waals surface area contributed by atoms with Crippen molar-refractivity contribution in [2.45, 2.75) is 25.7 Å². The van der Waals surface area contributed by atoms with Gasteiger partial charge in [-0.2, -0.15) is 4.31 Å². The van der Waals surface area contributed by atoms with E-state index in [9.17, 15) is 13.2 Å². The molecule has 1 aliphatic heterocycles. The highest BCUT2D eigenvalue weighted by Gasteiger charge is 2.25. The van der Waals surface area contributed by atoms with Crippen LogP contribution in [0.15, 0.2) is 47.4 Å². The second-order valence-corrected chi connectivity index (χ2v) is 9.97. The molecule has 1 saturated heterocycles. The Morgan fingerprint density at radius 3 is 2.19 bits per heavy atom. The molecular formula is C23H31ClN4O3S. The molecule has 0 radical (unpaired) electrons. The Morgan fingerprint density at radius 1 is 1.00 bits per heavy atom. The standard InChI is InChI=1S/C23H31ClN4O3S/c1-4-26-13-15-27(16-14-26)20-10-8-19(9-11-20)25-23(29)18-7-12-21(24)22(17-18)32(30,31)28(5-2)6-3/h7-12,17H,4-6,13-16H2,1-3H3,(H,25,29). The van der Waals surface area contributed by atoms with Gasteiger partial charge in [0, 0.05) is 56.2 Å². The van der Waals surface area contributed by atoms with Gasteiger partial charge in [0.1, 0.15) is 4.90 Å². The number of carbonyl (C=O) groups excluding carboxylic acids is 1. The highest BCUT2D eigenvalue weighted by molar-refractivity contribution is 7.89. The van der Waals surface area contributed by atoms with Gasteiger partial charge >= 0.3 is 0 Å². The summed E-state index contributed by atoms with van der Waals surface area (Å²) < 4.78 is 27.1. The van der Waals surface area contributed by atoms with Crippen LogP contribution in [0.4, 0.5) is 11.4 Å². The van der Waals surface area contributed by atoms with Crippen molar-refractivity contribution in [3.63, 3.8) is 0 Å². The minimum Gasteiger partial charge on any atom is -0.369 e. The molecule has 32 heavy (non-hydrogen) atoms. The zero-order chi connectivity index (χ0) is 23.3. The smallest absolute Gasteiger partial charge is 0.255 e. The second-order valence-electron chi connectivity index (χ2n) is 7.66. The molecule has 3 rings (SSSR count). The lowest BCUT2D eigenvalue weighted by molar-refractivity contribution is 0.102. The van der Waals surface area contributed by atoms with Gasteiger partial charge in [-0.05, 0) is 49.0 Å². The lowest BCUT2D eigenvalue weighted by atomic mass is 10.2. The maximum atomic E-state index is 12.9. The number of anilines is 2. The first kappa shape index (κ1) is 24.5. The number of nitrogens with one attached hydrogen (secondary N) is 1. The minimum atomic E-state index is -3.77. The van der Waals surface area contributed by atoms with E-state index in [4.69, 9.17) is 11.6 Å². The van der Waals surface area contributed by atoms with Gasteiger partial charge in [0.25, 0.3) is 5.91 Å². The van der Waals surface area contributed by atoms with E-state index in [0.29, 0.717) is 18.8 Å². The van der Waals surface area contributed by atoms with Crippen molar-refractivity contribution in [1.29, 1.82) is 0 Å². The number of hydrogen-bond acceptors (Lipinski definition) is 5. The maximum absolute atomic E-state index is 12.9. The summed E-state index contributed by atoms with van der Waals surface area (Å²) in [5.74, 6) is -0.387. The molecule has 0 unspecified atom stereocenters. The van der Waals surface area contributed by atoms with E-state index in [2.05, 4.69) is 22.0 Å². The zero-order valence-corrected chi connectivity index (χ0v) is 20.4. The molecule has 0 aliphatic carbocycles. The quantitative estimate of drug-likeness (QED) is 0.625. The molecule has 0 bridgehead atoms. The van der Waals surface area contributed by atoms with E-state index < -0.39 is 10.0 Å². The molecule has 0 atom stereocenters. The normalized spacial score (nSPS) is 15.2. The average molecular weight is 479 g/mol. The summed E-state index contributed by atoms with van der Waals surface area (Å²) in [5, 5.41) is 2.94. The Morgan fingerprint density at radius 2 is 1.62 bits per heavy atom. The lowest BCUT2D eigenvalue weighted by Gasteiger charge is -2.35. The summed E-state index contributed by atoms with van der Waals surface area (Å²) in [5.41, 5.74) is 2.01. The van der Waals surface area contributed by atoms with Gasteiger partial charge in [-0.15, -0.1) is 0 Å². The molecule has 174 valence electrons. The molecule has 2 aromatic rings. The summed E-state index contributed by atoms with van der Waals surface area (Å²) in [4.78, 5) is 17.5. The van der Waals surface area contributed by atoms with Gasteiger partial charge in [0.05, 0.1) is 5.02 Å². The predicted molar refractivity (Wildman–Crippen MR) is 130 cm³/mol. The molecule has 1 amide bonds. The minimum absolute atomic E-state index is 0.0583. The molecule has 2 aromatic carbocycles. The molecule has 1 aliphatic rings. The fourth-order valence-electron chi connectivity index (χ4n) is 3.83. The van der Waals surface area contributed by atoms with E-state index >= 15 is 0 Å². The Bertz CT molecular complexity index is 1030. The van der Waals surface area contributed by atoms with Crippen molar-refractivity contribution in [2.75, 3.05) is 56.0 Å². The number of likely N-dealkylation sites (N-methyl/N-ethyl adjacent to an activating group) is 1. The SMILES string of the molecule is CCN1CCN(c2ccc(NC(=O)c3ccc(Cl)c(S(=O)(=O)N(CC)CC)c3)cc2)CC1. The van der Waals surface area contributed by atoms with Gasteiger partial charge in [0.2, 0.25) is 10.0 Å². The third-order valence-corrected chi connectivity index (χ3v) is 8.36. The number of benzene rings is 2. The van der Waals surface area contributed by atoms with Crippen LogP contribution in [0.1, 0.15) is 31.1 Å². The molecule has 0 saturated carbocycles. The number of hydrogen-bond donors (Lipinski definition) is 1. The molecule has 1 N–H and O–H groups in total. The number of piperazine rings is 1. The number of rotatable bonds is 8. The first-order valence-corrected chi connectivity index (χ1v) is 12.8. The number of sulfonamides is 1. The van der Waals surface area contributed by atoms with E-state index in [0.717, 1.165) is 38.4 Å². The molecule has 7 nitrogen and oxygen atoms in total. The molecule has 1 heterocycles. The number of amides is 1. The molecule has 1 fully saturated rings. The molecular weight excluding hydrogens is 448 g/mol. The van der Waals surface area contributed by atoms with Crippen molar-refractivity contribution in [2.24, 2.45) is 0 Å². The Hall–Kier alpha value is -2.13. The van der Waals surface area contributed by atoms with Crippen molar-refractivity contribution in [3.8, 4) is 0 Å². The lowest BCUT2D eigenvalue weighted by Crippen LogP contribution is -2.46. The first-order chi connectivity index (χ1) is 15.3. The first-order valence-electron chi connectivity index (χ1n) is 11.0. The van der Waals surface area contributed by atoms with Crippen molar-refractivity contribution < 1.29 is 13.2 Å². The van der Waals surface area contributed by atoms with Crippen LogP contribution in [-0.2, 0) is 10.0 Å². The van der Waals surface area contributed by atoms with Gasteiger partial charge in [-0.25, -0.2) is 8.42 Å². The summed E-state index contributed by atoms with van der Waals surface area (Å²) in [6.45, 7) is 11.5. The van der Waals surface area contributed by atoms with Gasteiger partial charge < -0.3 is 15.1 Å². The largest absolute Gasteiger partial charge is 0.369 e. The van der Waals surface area contributed by atoms with E-state index in [1.54, 1.807) is 13.8 Å². The zero-order valence-electron chi connectivity index (χ0n) is 18.8. The van der Waals surface area contributed by atoms with Crippen LogP contribution in [0.3, 0.4) is 0 Å². The predicted octanol–water partition coefficient (Wildman–Crippen LogP) is 3.76. The fourth-order valence-corrected chi connectivity index (χ4v) is 5.78. The van der Waals surface area contributed by atoms with E-state index in [-0.39, 0.29) is 21.4 Å². The fraction of sp³-hybridized carbons (Fsp3) is 0.435. The summed E-state index contributed by atoms with van der Waals surface area (Å²) in [6.07, 6.45) is 0. The van der Waals surface area contributed by atoms with Crippen LogP contribution in [-0.4, -0.2) is 69.3 Å². The van der Waals surface area contributed by atoms with Crippen molar-refractivity contribution >= 4 is 38.9 Å². The van der Waals surface area contributed by atoms with Gasteiger partial charge in [0.15, 0.2) is 0 Å². The van der Waals surface area contributed by atoms with Gasteiger partial charge in [-0.3, -0.25) is 4.79 Å². The number of halogens is 1. The third-order valence-electron chi connectivity index (χ3n) is 5.83. The summed E-state index contributed by atoms with van der Waals surface area (Å²) in [6, 6.07) is 12.0. The monoisotopic (exact) mass is 478 g/mol. The maximum Gasteiger partial charge on any atom is 0.255 e. The Kier molecular flexibility index (Phi) is 8.16. The Labute approximate surface area is 196 Å². The second kappa shape index (κ2) is 10.7.